The van der Waals surface area contributed by atoms with E-state index < -0.39 is 0 Å². The van der Waals surface area contributed by atoms with Crippen LogP contribution in [0.15, 0.2) is 266 Å². The van der Waals surface area contributed by atoms with E-state index in [0.717, 1.165) is 199 Å². The number of pyridine rings is 6. The van der Waals surface area contributed by atoms with Crippen LogP contribution < -0.4 is 55.8 Å². The average molecular weight is 1890 g/mol. The number of nitrogens with zero attached hydrogens (tertiary/aromatic N) is 21. The van der Waals surface area contributed by atoms with Crippen LogP contribution >= 0.6 is 0 Å². The number of aromatic amines is 5. The molecule has 0 amide bonds. The van der Waals surface area contributed by atoms with E-state index >= 15 is 0 Å². The van der Waals surface area contributed by atoms with Gasteiger partial charge in [0.2, 0.25) is 17.6 Å². The number of aromatic nitrogens is 26. The van der Waals surface area contributed by atoms with Crippen molar-refractivity contribution in [2.45, 2.75) is 70.8 Å². The molecule has 25 rings (SSSR count). The zero-order valence-electron chi connectivity index (χ0n) is 78.9. The maximum Gasteiger partial charge on any atom is 0.259 e. The molecule has 2 aliphatic rings. The van der Waals surface area contributed by atoms with Crippen molar-refractivity contribution >= 4 is 173 Å². The molecule has 10 N–H and O–H groups in total. The number of fused-ring (bicyclic) bond motifs is 10. The molecule has 712 valence electrons. The van der Waals surface area contributed by atoms with Gasteiger partial charge in [-0.25, -0.2) is 0 Å². The molecule has 2 aliphatic carbocycles. The van der Waals surface area contributed by atoms with Gasteiger partial charge in [-0.1, -0.05) is 48.9 Å². The summed E-state index contributed by atoms with van der Waals surface area (Å²) in [5, 5.41) is 81.2. The molecule has 0 atom stereocenters. The Kier molecular flexibility index (Phi) is 25.7. The van der Waals surface area contributed by atoms with Crippen LogP contribution in [-0.4, -0.2) is 162 Å². The number of H-pyrrole nitrogens is 5. The van der Waals surface area contributed by atoms with Crippen molar-refractivity contribution in [3.8, 4) is 40.4 Å². The summed E-state index contributed by atoms with van der Waals surface area (Å²) in [6, 6.07) is 70.9. The second-order valence-electron chi connectivity index (χ2n) is 34.5. The van der Waals surface area contributed by atoms with Gasteiger partial charge < -0.3 is 54.8 Å². The van der Waals surface area contributed by atoms with Gasteiger partial charge in [-0.05, 0) is 245 Å². The molecule has 16 heterocycles. The van der Waals surface area contributed by atoms with E-state index in [1.807, 2.05) is 238 Å². The van der Waals surface area contributed by atoms with Crippen molar-refractivity contribution < 1.29 is 23.7 Å². The molecule has 1 fully saturated rings. The first-order valence-electron chi connectivity index (χ1n) is 46.9. The van der Waals surface area contributed by atoms with E-state index in [1.165, 1.54) is 36.6 Å². The predicted molar refractivity (Wildman–Crippen MR) is 554 cm³/mol. The fraction of sp³-hybridized carbons (Fsp3) is 0.200. The maximum atomic E-state index is 12.5. The highest BCUT2D eigenvalue weighted by Gasteiger charge is 2.24. The molecule has 0 saturated heterocycles. The summed E-state index contributed by atoms with van der Waals surface area (Å²) in [7, 11) is 11.4. The summed E-state index contributed by atoms with van der Waals surface area (Å²) in [4.78, 5) is 34.4. The van der Waals surface area contributed by atoms with E-state index in [4.69, 9.17) is 28.8 Å². The standard InChI is InChI=1S/2C23H22N6O2.C20H17N7O.C20H22N6O.C19H18N6/c1-15-6-3-4-8-20(15)30-12-13-31-23-17-10-9-16(14-19(17)29(2)28-23)25-22-21-18(26-27-22)7-5-11-24-21;1-29-20-15-16(25-22-21-19(26-27-22)9-5-12-24-21)10-11-18(20)23(28-29)31-14-6-13-30-17-7-3-2-4-8-17;1-26-10-4-5-14(20(26)28)17-13-8-7-12(11-16(13)27(2)25-17)22-19-18-15(23-24-19)6-3-9-21-18;1-26-17-12-13(22-19-18-16(23-24-19)8-5-11-21-18)9-10-15(17)20(25-26)27-14-6-3-2-4-7-14;1-25-16-11-13(21-19-18-15(22-23-19)7-4-10-20-18)8-9-14(16)17(24-25)12-5-2-3-6-12/h3-11,14H,12-13H2,1-2H3,(H2,25,26,27);2-5,7-12,15H,6,13-14H2,1H3,(H2,25,26,27);3-11H,1-2H3,(H2,22,23,24);5,8-12,14H,2-4,6-7H2,1H3,(H2,22,23,24);4-5,7-11H,2-3,6H2,1H3,(H2,21,22,23). The third-order valence-electron chi connectivity index (χ3n) is 24.8. The van der Waals surface area contributed by atoms with Gasteiger partial charge in [-0.2, -0.15) is 35.7 Å². The molecule has 37 nitrogen and oxygen atoms in total. The van der Waals surface area contributed by atoms with Gasteiger partial charge >= 0.3 is 0 Å². The summed E-state index contributed by atoms with van der Waals surface area (Å²) in [6.07, 6.45) is 23.4. The summed E-state index contributed by atoms with van der Waals surface area (Å²) in [6.45, 7) is 4.00. The number of aryl methyl sites for hydroxylation is 7. The third-order valence-corrected chi connectivity index (χ3v) is 24.8. The molecular formula is C105H101N31O6. The van der Waals surface area contributed by atoms with Crippen molar-refractivity contribution in [1.29, 1.82) is 0 Å². The molecule has 1 saturated carbocycles. The fourth-order valence-corrected chi connectivity index (χ4v) is 17.6. The van der Waals surface area contributed by atoms with Crippen molar-refractivity contribution in [2.75, 3.05) is 53.0 Å². The van der Waals surface area contributed by atoms with Crippen LogP contribution in [-0.2, 0) is 42.3 Å². The zero-order valence-corrected chi connectivity index (χ0v) is 78.9. The van der Waals surface area contributed by atoms with Crippen LogP contribution in [0, 0.1) is 6.92 Å². The lowest BCUT2D eigenvalue weighted by molar-refractivity contribution is 0.149. The quantitative estimate of drug-likeness (QED) is 0.0238. The molecular weight excluding hydrogens is 1790 g/mol. The minimum atomic E-state index is -0.0706. The number of hydrogen-bond acceptors (Lipinski definition) is 26. The van der Waals surface area contributed by atoms with Gasteiger partial charge in [-0.3, -0.25) is 78.6 Å². The largest absolute Gasteiger partial charge is 0.493 e. The van der Waals surface area contributed by atoms with E-state index in [9.17, 15) is 4.79 Å². The lowest BCUT2D eigenvalue weighted by Gasteiger charge is -2.21. The Morgan fingerprint density at radius 1 is 0.359 bits per heavy atom. The minimum Gasteiger partial charge on any atom is -0.493 e. The van der Waals surface area contributed by atoms with Crippen LogP contribution in [0.2, 0.25) is 0 Å². The fourth-order valence-electron chi connectivity index (χ4n) is 17.6. The first-order chi connectivity index (χ1) is 69.6. The first kappa shape index (κ1) is 90.2. The van der Waals surface area contributed by atoms with E-state index in [0.29, 0.717) is 72.7 Å². The number of anilines is 10. The van der Waals surface area contributed by atoms with Gasteiger partial charge in [0, 0.05) is 125 Å². The SMILES string of the molecule is Cc1ccccc1OCCOc1nn(C)c2cc(Nc3n[nH]c4cccnc34)ccc12.Cn1cccc(-c2nn(C)c3cc(Nc4n[nH]c5cccnc45)ccc23)c1=O.Cn1nc(C2=CCCC2)c2ccc(Nc3n[nH]c4cccnc34)cc21.Cn1nc(OC2CCCCC2)c2ccc(Nc3n[nH]c4cccnc34)cc21.Cn1nc(OCCCOc2ccccc2)c2ccc(Nc3n[nH]c4cccnc34)cc21. The van der Waals surface area contributed by atoms with Crippen LogP contribution in [0.1, 0.15) is 69.0 Å². The van der Waals surface area contributed by atoms with Crippen LogP contribution in [0.3, 0.4) is 0 Å². The maximum absolute atomic E-state index is 12.5. The highest BCUT2D eigenvalue weighted by molar-refractivity contribution is 5.99. The number of allylic oxidation sites excluding steroid dienone is 2. The second kappa shape index (κ2) is 40.5. The van der Waals surface area contributed by atoms with Crippen molar-refractivity contribution in [3.63, 3.8) is 0 Å². The van der Waals surface area contributed by atoms with Gasteiger partial charge in [0.25, 0.3) is 5.56 Å². The lowest BCUT2D eigenvalue weighted by atomic mass is 9.98. The Balaban J connectivity index is 0.000000105. The molecule has 7 aromatic carbocycles. The van der Waals surface area contributed by atoms with Crippen molar-refractivity contribution in [3.05, 3.63) is 283 Å². The van der Waals surface area contributed by atoms with E-state index in [-0.39, 0.29) is 11.7 Å². The molecule has 23 aromatic rings. The number of benzene rings is 7. The Bertz CT molecular complexity index is 8560. The molecule has 0 radical (unpaired) electrons. The van der Waals surface area contributed by atoms with Gasteiger partial charge in [0.15, 0.2) is 29.1 Å². The highest BCUT2D eigenvalue weighted by atomic mass is 16.5. The monoisotopic (exact) mass is 1890 g/mol. The summed E-state index contributed by atoms with van der Waals surface area (Å²) in [5.74, 6) is 7.15. The molecule has 0 bridgehead atoms. The lowest BCUT2D eigenvalue weighted by Crippen LogP contribution is -2.19. The van der Waals surface area contributed by atoms with Gasteiger partial charge in [-0.15, -0.1) is 15.3 Å². The van der Waals surface area contributed by atoms with E-state index in [1.54, 1.807) is 64.2 Å². The Morgan fingerprint density at radius 3 is 1.18 bits per heavy atom. The third kappa shape index (κ3) is 19.5. The number of nitrogens with one attached hydrogen (secondary N) is 10. The number of rotatable bonds is 25. The van der Waals surface area contributed by atoms with Crippen molar-refractivity contribution in [2.24, 2.45) is 42.3 Å². The van der Waals surface area contributed by atoms with Crippen LogP contribution in [0.25, 0.3) is 127 Å². The average Bonchev–Trinajstić information content (AvgIpc) is 1.57. The molecule has 0 aliphatic heterocycles. The molecule has 0 spiro atoms. The Morgan fingerprint density at radius 2 is 0.739 bits per heavy atom. The Labute approximate surface area is 811 Å². The van der Waals surface area contributed by atoms with Crippen LogP contribution in [0.5, 0.6) is 29.1 Å². The second-order valence-corrected chi connectivity index (χ2v) is 34.5. The van der Waals surface area contributed by atoms with Crippen molar-refractivity contribution in [1.82, 2.24) is 129 Å². The summed E-state index contributed by atoms with van der Waals surface area (Å²) < 4.78 is 40.3. The summed E-state index contributed by atoms with van der Waals surface area (Å²) in [5.41, 5.74) is 22.8. The molecule has 0 unspecified atom stereocenters. The van der Waals surface area contributed by atoms with Gasteiger partial charge in [0.05, 0.1) is 95.8 Å². The number of para-hydroxylation sites is 2. The summed E-state index contributed by atoms with van der Waals surface area (Å²) >= 11 is 0. The topological polar surface area (TPSA) is 425 Å². The predicted octanol–water partition coefficient (Wildman–Crippen LogP) is 20.2. The smallest absolute Gasteiger partial charge is 0.259 e. The zero-order chi connectivity index (χ0) is 96.5. The normalized spacial score (nSPS) is 12.6. The Hall–Kier alpha value is -18.3. The highest BCUT2D eigenvalue weighted by Crippen LogP contribution is 2.39. The number of hydrogen-bond donors (Lipinski definition) is 10. The minimum absolute atomic E-state index is 0.0706. The molecule has 37 heteroatoms. The van der Waals surface area contributed by atoms with E-state index in [2.05, 4.69) is 159 Å². The first-order valence-corrected chi connectivity index (χ1v) is 46.9. The number of ether oxygens (including phenoxy) is 5. The molecule has 142 heavy (non-hydrogen) atoms. The van der Waals surface area contributed by atoms with Gasteiger partial charge in [0.1, 0.15) is 64.1 Å². The molecule has 16 aromatic heterocycles. The van der Waals surface area contributed by atoms with Crippen LogP contribution in [0.4, 0.5) is 57.5 Å².